The third-order valence-electron chi connectivity index (χ3n) is 7.01. The molecular weight excluding hydrogens is 433 g/mol. The number of amides is 3. The van der Waals surface area contributed by atoms with Gasteiger partial charge in [0.2, 0.25) is 5.91 Å². The van der Waals surface area contributed by atoms with Gasteiger partial charge in [-0.15, -0.1) is 0 Å². The molecule has 180 valence electrons. The topological polar surface area (TPSA) is 69.7 Å². The minimum Gasteiger partial charge on any atom is -0.341 e. The molecule has 1 N–H and O–H groups in total. The molecule has 0 spiro atoms. The molecule has 2 heterocycles. The van der Waals surface area contributed by atoms with Gasteiger partial charge >= 0.3 is 0 Å². The fraction of sp³-hybridized carbons (Fsp3) is 0.444. The highest BCUT2D eigenvalue weighted by Gasteiger charge is 2.37. The Balaban J connectivity index is 1.48. The number of benzene rings is 2. The molecule has 1 atom stereocenters. The third kappa shape index (κ3) is 5.29. The summed E-state index contributed by atoms with van der Waals surface area (Å²) in [5, 5.41) is 3.03. The van der Waals surface area contributed by atoms with Crippen LogP contribution >= 0.6 is 0 Å². The number of likely N-dealkylation sites (tertiary alicyclic amines) is 2. The van der Waals surface area contributed by atoms with Gasteiger partial charge < -0.3 is 15.1 Å². The zero-order chi connectivity index (χ0) is 24.1. The Morgan fingerprint density at radius 3 is 2.12 bits per heavy atom. The summed E-state index contributed by atoms with van der Waals surface area (Å²) in [4.78, 5) is 42.9. The molecule has 0 bridgehead atoms. The average molecular weight is 466 g/mol. The maximum Gasteiger partial charge on any atom is 0.256 e. The van der Waals surface area contributed by atoms with E-state index >= 15 is 0 Å². The van der Waals surface area contributed by atoms with Crippen LogP contribution in [0.2, 0.25) is 0 Å². The number of carbonyl (C=O) groups is 3. The van der Waals surface area contributed by atoms with Gasteiger partial charge in [0.15, 0.2) is 0 Å². The molecule has 7 heteroatoms. The van der Waals surface area contributed by atoms with E-state index < -0.39 is 11.9 Å². The fourth-order valence-corrected chi connectivity index (χ4v) is 4.98. The standard InChI is InChI=1S/C27H32FN3O3/c1-19-9-3-4-10-21(19)25(32)29-24(27(34)30-15-7-2-8-16-30)20-13-17-31(18-14-20)26(33)22-11-5-6-12-23(22)28/h3-6,9-12,20,24H,2,7-8,13-18H2,1H3,(H,29,32). The van der Waals surface area contributed by atoms with Gasteiger partial charge in [-0.3, -0.25) is 14.4 Å². The molecule has 34 heavy (non-hydrogen) atoms. The molecule has 2 saturated heterocycles. The van der Waals surface area contributed by atoms with E-state index in [-0.39, 0.29) is 29.2 Å². The number of hydrogen-bond donors (Lipinski definition) is 1. The Kier molecular flexibility index (Phi) is 7.60. The van der Waals surface area contributed by atoms with Crippen molar-refractivity contribution in [3.63, 3.8) is 0 Å². The first-order valence-corrected chi connectivity index (χ1v) is 12.1. The molecule has 0 radical (unpaired) electrons. The SMILES string of the molecule is Cc1ccccc1C(=O)NC(C(=O)N1CCCCC1)C1CCN(C(=O)c2ccccc2F)CC1. The zero-order valence-corrected chi connectivity index (χ0v) is 19.6. The molecule has 2 aliphatic heterocycles. The number of rotatable bonds is 5. The molecule has 0 aliphatic carbocycles. The van der Waals surface area contributed by atoms with Gasteiger partial charge in [0, 0.05) is 31.7 Å². The predicted molar refractivity (Wildman–Crippen MR) is 128 cm³/mol. The van der Waals surface area contributed by atoms with E-state index in [0.717, 1.165) is 24.8 Å². The quantitative estimate of drug-likeness (QED) is 0.730. The second-order valence-electron chi connectivity index (χ2n) is 9.26. The van der Waals surface area contributed by atoms with E-state index in [0.29, 0.717) is 44.6 Å². The lowest BCUT2D eigenvalue weighted by molar-refractivity contribution is -0.136. The summed E-state index contributed by atoms with van der Waals surface area (Å²) in [5.41, 5.74) is 1.48. The lowest BCUT2D eigenvalue weighted by Gasteiger charge is -2.38. The first-order valence-electron chi connectivity index (χ1n) is 12.1. The van der Waals surface area contributed by atoms with Crippen LogP contribution in [0.25, 0.3) is 0 Å². The number of nitrogens with zero attached hydrogens (tertiary/aromatic N) is 2. The average Bonchev–Trinajstić information content (AvgIpc) is 2.87. The zero-order valence-electron chi connectivity index (χ0n) is 19.6. The summed E-state index contributed by atoms with van der Waals surface area (Å²) in [6.07, 6.45) is 4.19. The van der Waals surface area contributed by atoms with Crippen molar-refractivity contribution in [1.29, 1.82) is 0 Å². The van der Waals surface area contributed by atoms with Crippen molar-refractivity contribution in [2.75, 3.05) is 26.2 Å². The predicted octanol–water partition coefficient (Wildman–Crippen LogP) is 3.80. The van der Waals surface area contributed by atoms with Crippen LogP contribution in [0.1, 0.15) is 58.4 Å². The maximum atomic E-state index is 14.1. The van der Waals surface area contributed by atoms with Gasteiger partial charge in [0.05, 0.1) is 5.56 Å². The van der Waals surface area contributed by atoms with E-state index in [1.54, 1.807) is 23.1 Å². The van der Waals surface area contributed by atoms with E-state index in [1.165, 1.54) is 12.1 Å². The minimum atomic E-state index is -0.643. The first kappa shape index (κ1) is 23.9. The van der Waals surface area contributed by atoms with Gasteiger partial charge in [-0.2, -0.15) is 0 Å². The summed E-state index contributed by atoms with van der Waals surface area (Å²) in [5.74, 6) is -1.25. The molecule has 0 aromatic heterocycles. The molecule has 2 fully saturated rings. The molecule has 0 saturated carbocycles. The molecule has 1 unspecified atom stereocenters. The van der Waals surface area contributed by atoms with Crippen molar-refractivity contribution in [3.8, 4) is 0 Å². The number of aryl methyl sites for hydroxylation is 1. The van der Waals surface area contributed by atoms with Gasteiger partial charge in [-0.25, -0.2) is 4.39 Å². The normalized spacial score (nSPS) is 17.8. The summed E-state index contributed by atoms with van der Waals surface area (Å²) < 4.78 is 14.1. The number of halogens is 1. The lowest BCUT2D eigenvalue weighted by Crippen LogP contribution is -2.55. The highest BCUT2D eigenvalue weighted by Crippen LogP contribution is 2.25. The van der Waals surface area contributed by atoms with Crippen molar-refractivity contribution < 1.29 is 18.8 Å². The van der Waals surface area contributed by atoms with Crippen LogP contribution in [0.5, 0.6) is 0 Å². The van der Waals surface area contributed by atoms with Crippen molar-refractivity contribution in [3.05, 3.63) is 71.0 Å². The van der Waals surface area contributed by atoms with Crippen molar-refractivity contribution in [2.24, 2.45) is 5.92 Å². The van der Waals surface area contributed by atoms with E-state index in [1.807, 2.05) is 30.0 Å². The molecular formula is C27H32FN3O3. The maximum absolute atomic E-state index is 14.1. The molecule has 3 amide bonds. The Hall–Kier alpha value is -3.22. The van der Waals surface area contributed by atoms with Crippen LogP contribution < -0.4 is 5.32 Å². The molecule has 2 aromatic rings. The van der Waals surface area contributed by atoms with Crippen LogP contribution in [0, 0.1) is 18.7 Å². The molecule has 6 nitrogen and oxygen atoms in total. The number of hydrogen-bond acceptors (Lipinski definition) is 3. The number of piperidine rings is 2. The smallest absolute Gasteiger partial charge is 0.256 e. The molecule has 4 rings (SSSR count). The summed E-state index contributed by atoms with van der Waals surface area (Å²) in [6.45, 7) is 4.13. The fourth-order valence-electron chi connectivity index (χ4n) is 4.98. The van der Waals surface area contributed by atoms with Crippen LogP contribution in [0.3, 0.4) is 0 Å². The van der Waals surface area contributed by atoms with Crippen molar-refractivity contribution in [1.82, 2.24) is 15.1 Å². The van der Waals surface area contributed by atoms with Gasteiger partial charge in [-0.05, 0) is 68.7 Å². The molecule has 2 aliphatic rings. The Morgan fingerprint density at radius 1 is 0.853 bits per heavy atom. The first-order chi connectivity index (χ1) is 16.5. The van der Waals surface area contributed by atoms with Crippen LogP contribution in [0.15, 0.2) is 48.5 Å². The summed E-state index contributed by atoms with van der Waals surface area (Å²) >= 11 is 0. The van der Waals surface area contributed by atoms with Gasteiger partial charge in [0.25, 0.3) is 11.8 Å². The Morgan fingerprint density at radius 2 is 1.47 bits per heavy atom. The third-order valence-corrected chi connectivity index (χ3v) is 7.01. The van der Waals surface area contributed by atoms with E-state index in [2.05, 4.69) is 5.32 Å². The summed E-state index contributed by atoms with van der Waals surface area (Å²) in [7, 11) is 0. The second kappa shape index (κ2) is 10.8. The molecule has 2 aromatic carbocycles. The monoisotopic (exact) mass is 465 g/mol. The van der Waals surface area contributed by atoms with Gasteiger partial charge in [-0.1, -0.05) is 30.3 Å². The highest BCUT2D eigenvalue weighted by atomic mass is 19.1. The minimum absolute atomic E-state index is 0.0412. The van der Waals surface area contributed by atoms with Gasteiger partial charge in [0.1, 0.15) is 11.9 Å². The number of nitrogens with one attached hydrogen (secondary N) is 1. The van der Waals surface area contributed by atoms with Crippen molar-refractivity contribution >= 4 is 17.7 Å². The second-order valence-corrected chi connectivity index (χ2v) is 9.26. The van der Waals surface area contributed by atoms with Crippen molar-refractivity contribution in [2.45, 2.75) is 45.1 Å². The van der Waals surface area contributed by atoms with E-state index in [9.17, 15) is 18.8 Å². The van der Waals surface area contributed by atoms with Crippen LogP contribution in [-0.2, 0) is 4.79 Å². The highest BCUT2D eigenvalue weighted by molar-refractivity contribution is 5.99. The lowest BCUT2D eigenvalue weighted by atomic mass is 9.87. The summed E-state index contributed by atoms with van der Waals surface area (Å²) in [6, 6.07) is 12.7. The van der Waals surface area contributed by atoms with Crippen LogP contribution in [-0.4, -0.2) is 59.7 Å². The Bertz CT molecular complexity index is 1040. The number of carbonyl (C=O) groups excluding carboxylic acids is 3. The van der Waals surface area contributed by atoms with Crippen LogP contribution in [0.4, 0.5) is 4.39 Å². The Labute approximate surface area is 200 Å². The van der Waals surface area contributed by atoms with E-state index in [4.69, 9.17) is 0 Å². The largest absolute Gasteiger partial charge is 0.341 e.